The van der Waals surface area contributed by atoms with Crippen molar-refractivity contribution in [1.29, 1.82) is 0 Å². The summed E-state index contributed by atoms with van der Waals surface area (Å²) in [6.45, 7) is 9.26. The minimum absolute atomic E-state index is 0.0135. The number of esters is 1. The molecule has 3 nitrogen and oxygen atoms in total. The number of rotatable bonds is 4. The summed E-state index contributed by atoms with van der Waals surface area (Å²) in [7, 11) is 0. The second-order valence-electron chi connectivity index (χ2n) is 8.16. The third-order valence-electron chi connectivity index (χ3n) is 5.89. The SMILES string of the molecule is CCN1c2ccc3ccccc3c2C(C)(C)C1C=Cc1ccc(OC(C)=O)cc1. The van der Waals surface area contributed by atoms with Crippen LogP contribution in [0.5, 0.6) is 5.75 Å². The first-order chi connectivity index (χ1) is 13.9. The van der Waals surface area contributed by atoms with Gasteiger partial charge in [-0.15, -0.1) is 0 Å². The molecule has 0 fully saturated rings. The average Bonchev–Trinajstić information content (AvgIpc) is 2.93. The zero-order valence-corrected chi connectivity index (χ0v) is 17.5. The monoisotopic (exact) mass is 385 g/mol. The third kappa shape index (κ3) is 3.42. The molecule has 0 bridgehead atoms. The van der Waals surface area contributed by atoms with Crippen LogP contribution in [0.25, 0.3) is 16.8 Å². The van der Waals surface area contributed by atoms with E-state index in [1.54, 1.807) is 0 Å². The van der Waals surface area contributed by atoms with Gasteiger partial charge in [0.05, 0.1) is 6.04 Å². The maximum Gasteiger partial charge on any atom is 0.308 e. The van der Waals surface area contributed by atoms with Gasteiger partial charge in [-0.25, -0.2) is 0 Å². The van der Waals surface area contributed by atoms with E-state index in [0.29, 0.717) is 5.75 Å². The van der Waals surface area contributed by atoms with Crippen LogP contribution in [0.3, 0.4) is 0 Å². The van der Waals surface area contributed by atoms with Gasteiger partial charge in [-0.2, -0.15) is 0 Å². The van der Waals surface area contributed by atoms with Gasteiger partial charge in [0.25, 0.3) is 0 Å². The van der Waals surface area contributed by atoms with Crippen molar-refractivity contribution in [2.75, 3.05) is 11.4 Å². The molecule has 0 aliphatic carbocycles. The van der Waals surface area contributed by atoms with Crippen LogP contribution in [0.2, 0.25) is 0 Å². The Morgan fingerprint density at radius 1 is 1.07 bits per heavy atom. The first kappa shape index (κ1) is 19.3. The number of benzene rings is 3. The summed E-state index contributed by atoms with van der Waals surface area (Å²) in [5.74, 6) is 0.273. The van der Waals surface area contributed by atoms with Gasteiger partial charge in [-0.05, 0) is 47.0 Å². The molecule has 1 atom stereocenters. The number of hydrogen-bond acceptors (Lipinski definition) is 3. The molecule has 4 rings (SSSR count). The van der Waals surface area contributed by atoms with E-state index >= 15 is 0 Å². The summed E-state index contributed by atoms with van der Waals surface area (Å²) in [5.41, 5.74) is 3.84. The van der Waals surface area contributed by atoms with E-state index in [4.69, 9.17) is 4.74 Å². The van der Waals surface area contributed by atoms with Crippen LogP contribution in [0, 0.1) is 0 Å². The first-order valence-corrected chi connectivity index (χ1v) is 10.2. The lowest BCUT2D eigenvalue weighted by Gasteiger charge is -2.31. The van der Waals surface area contributed by atoms with Gasteiger partial charge in [-0.3, -0.25) is 4.79 Å². The van der Waals surface area contributed by atoms with E-state index in [1.165, 1.54) is 28.9 Å². The molecular formula is C26H27NO2. The standard InChI is InChI=1S/C26H27NO2/c1-5-27-23-16-13-20-8-6-7-9-22(20)25(23)26(3,4)24(27)17-12-19-10-14-21(15-11-19)29-18(2)28/h6-17,24H,5H2,1-4H3. The molecule has 3 aromatic carbocycles. The Morgan fingerprint density at radius 2 is 1.79 bits per heavy atom. The Balaban J connectivity index is 1.69. The molecule has 0 saturated carbocycles. The van der Waals surface area contributed by atoms with Crippen molar-refractivity contribution in [3.63, 3.8) is 0 Å². The number of anilines is 1. The lowest BCUT2D eigenvalue weighted by atomic mass is 9.78. The summed E-state index contributed by atoms with van der Waals surface area (Å²) in [6.07, 6.45) is 4.47. The maximum atomic E-state index is 11.1. The largest absolute Gasteiger partial charge is 0.427 e. The fraction of sp³-hybridized carbons (Fsp3) is 0.269. The average molecular weight is 386 g/mol. The Morgan fingerprint density at radius 3 is 2.48 bits per heavy atom. The number of nitrogens with zero attached hydrogens (tertiary/aromatic N) is 1. The van der Waals surface area contributed by atoms with E-state index in [2.05, 4.69) is 74.2 Å². The molecule has 29 heavy (non-hydrogen) atoms. The summed E-state index contributed by atoms with van der Waals surface area (Å²) < 4.78 is 5.13. The molecule has 0 N–H and O–H groups in total. The highest BCUT2D eigenvalue weighted by Crippen LogP contribution is 2.48. The number of ether oxygens (including phenoxy) is 1. The maximum absolute atomic E-state index is 11.1. The van der Waals surface area contributed by atoms with Crippen molar-refractivity contribution in [1.82, 2.24) is 0 Å². The van der Waals surface area contributed by atoms with Crippen LogP contribution in [0.4, 0.5) is 5.69 Å². The van der Waals surface area contributed by atoms with Crippen molar-refractivity contribution in [3.8, 4) is 5.75 Å². The van der Waals surface area contributed by atoms with Crippen LogP contribution < -0.4 is 9.64 Å². The van der Waals surface area contributed by atoms with E-state index < -0.39 is 0 Å². The van der Waals surface area contributed by atoms with Crippen molar-refractivity contribution < 1.29 is 9.53 Å². The molecule has 0 aromatic heterocycles. The van der Waals surface area contributed by atoms with Gasteiger partial charge in [0.1, 0.15) is 5.75 Å². The summed E-state index contributed by atoms with van der Waals surface area (Å²) in [5, 5.41) is 2.64. The second-order valence-corrected chi connectivity index (χ2v) is 8.16. The van der Waals surface area contributed by atoms with E-state index in [-0.39, 0.29) is 17.4 Å². The Labute approximate surface area is 172 Å². The van der Waals surface area contributed by atoms with E-state index in [0.717, 1.165) is 12.1 Å². The molecule has 0 radical (unpaired) electrons. The second kappa shape index (κ2) is 7.40. The summed E-state index contributed by atoms with van der Waals surface area (Å²) in [4.78, 5) is 13.6. The quantitative estimate of drug-likeness (QED) is 0.410. The van der Waals surface area contributed by atoms with E-state index in [9.17, 15) is 4.79 Å². The van der Waals surface area contributed by atoms with Crippen molar-refractivity contribution in [2.24, 2.45) is 0 Å². The molecule has 1 unspecified atom stereocenters. The molecule has 3 aromatic rings. The minimum Gasteiger partial charge on any atom is -0.427 e. The Kier molecular flexibility index (Phi) is 4.91. The number of likely N-dealkylation sites (N-methyl/N-ethyl adjacent to an activating group) is 1. The zero-order chi connectivity index (χ0) is 20.6. The van der Waals surface area contributed by atoms with Gasteiger partial charge in [0.15, 0.2) is 0 Å². The minimum atomic E-state index is -0.301. The van der Waals surface area contributed by atoms with Crippen LogP contribution in [0.1, 0.15) is 38.8 Å². The van der Waals surface area contributed by atoms with Crippen LogP contribution in [-0.2, 0) is 10.2 Å². The Hall–Kier alpha value is -3.07. The fourth-order valence-corrected chi connectivity index (χ4v) is 4.59. The molecule has 148 valence electrons. The number of carbonyl (C=O) groups excluding carboxylic acids is 1. The van der Waals surface area contributed by atoms with E-state index in [1.807, 2.05) is 24.3 Å². The van der Waals surface area contributed by atoms with Crippen LogP contribution in [-0.4, -0.2) is 18.6 Å². The Bertz CT molecular complexity index is 1080. The lowest BCUT2D eigenvalue weighted by Crippen LogP contribution is -2.39. The van der Waals surface area contributed by atoms with Gasteiger partial charge < -0.3 is 9.64 Å². The topological polar surface area (TPSA) is 29.5 Å². The molecule has 3 heteroatoms. The number of carbonyl (C=O) groups is 1. The molecule has 0 amide bonds. The van der Waals surface area contributed by atoms with Crippen molar-refractivity contribution >= 4 is 28.5 Å². The lowest BCUT2D eigenvalue weighted by molar-refractivity contribution is -0.131. The summed E-state index contributed by atoms with van der Waals surface area (Å²) >= 11 is 0. The summed E-state index contributed by atoms with van der Waals surface area (Å²) in [6, 6.07) is 21.1. The normalized spacial score (nSPS) is 17.7. The molecule has 0 spiro atoms. The van der Waals surface area contributed by atoms with Crippen molar-refractivity contribution in [3.05, 3.63) is 77.9 Å². The predicted octanol–water partition coefficient (Wildman–Crippen LogP) is 5.96. The zero-order valence-electron chi connectivity index (χ0n) is 17.5. The molecule has 1 aliphatic rings. The smallest absolute Gasteiger partial charge is 0.308 e. The van der Waals surface area contributed by atoms with Gasteiger partial charge >= 0.3 is 5.97 Å². The first-order valence-electron chi connectivity index (χ1n) is 10.2. The molecule has 1 heterocycles. The molecule has 1 aliphatic heterocycles. The predicted molar refractivity (Wildman–Crippen MR) is 121 cm³/mol. The fourth-order valence-electron chi connectivity index (χ4n) is 4.59. The molecular weight excluding hydrogens is 358 g/mol. The van der Waals surface area contributed by atoms with Gasteiger partial charge in [0, 0.05) is 24.6 Å². The highest BCUT2D eigenvalue weighted by molar-refractivity contribution is 5.93. The molecule has 0 saturated heterocycles. The van der Waals surface area contributed by atoms with Gasteiger partial charge in [-0.1, -0.05) is 68.5 Å². The third-order valence-corrected chi connectivity index (χ3v) is 5.89. The van der Waals surface area contributed by atoms with Crippen molar-refractivity contribution in [2.45, 2.75) is 39.2 Å². The highest BCUT2D eigenvalue weighted by Gasteiger charge is 2.43. The van der Waals surface area contributed by atoms with Gasteiger partial charge in [0.2, 0.25) is 0 Å². The number of fused-ring (bicyclic) bond motifs is 3. The number of hydrogen-bond donors (Lipinski definition) is 0. The van der Waals surface area contributed by atoms with Crippen LogP contribution in [0.15, 0.2) is 66.7 Å². The van der Waals surface area contributed by atoms with Crippen LogP contribution >= 0.6 is 0 Å². The highest BCUT2D eigenvalue weighted by atomic mass is 16.5.